The minimum absolute atomic E-state index is 0.588. The van der Waals surface area contributed by atoms with Gasteiger partial charge in [0, 0.05) is 49.7 Å². The van der Waals surface area contributed by atoms with Crippen molar-refractivity contribution in [2.24, 2.45) is 51.8 Å². The number of nitrogens with zero attached hydrogens (tertiary/aromatic N) is 11. The number of benzene rings is 6. The molecule has 0 amide bonds. The first-order chi connectivity index (χ1) is 36.2. The molecule has 3 heterocycles. The Bertz CT molecular complexity index is 3140. The van der Waals surface area contributed by atoms with Crippen LogP contribution in [-0.2, 0) is 21.1 Å². The van der Waals surface area contributed by atoms with Gasteiger partial charge in [0.2, 0.25) is 12.7 Å². The fourth-order valence-corrected chi connectivity index (χ4v) is 7.05. The summed E-state index contributed by atoms with van der Waals surface area (Å²) in [7, 11) is 7.31. The highest BCUT2D eigenvalue weighted by Gasteiger charge is 2.09. The first-order valence-corrected chi connectivity index (χ1v) is 24.8. The molecule has 0 atom stereocenters. The predicted molar refractivity (Wildman–Crippen MR) is 289 cm³/mol. The van der Waals surface area contributed by atoms with Gasteiger partial charge in [-0.1, -0.05) is 30.5 Å². The molecule has 0 fully saturated rings. The highest BCUT2D eigenvalue weighted by molar-refractivity contribution is 7.12. The topological polar surface area (TPSA) is 207 Å². The summed E-state index contributed by atoms with van der Waals surface area (Å²) in [6, 6.07) is 47.0. The number of aromatic nitrogens is 7. The summed E-state index contributed by atoms with van der Waals surface area (Å²) < 4.78 is 21.9. The molecule has 0 aliphatic rings. The quantitative estimate of drug-likeness (QED) is 0.0281. The van der Waals surface area contributed by atoms with Crippen molar-refractivity contribution in [2.45, 2.75) is 33.1 Å². The van der Waals surface area contributed by atoms with Crippen molar-refractivity contribution in [1.82, 2.24) is 20.4 Å². The molecule has 0 aliphatic heterocycles. The zero-order valence-electron chi connectivity index (χ0n) is 42.3. The number of unbranched alkanes of at least 4 members (excludes halogenated alkanes) is 1. The Morgan fingerprint density at radius 3 is 1.18 bits per heavy atom. The Morgan fingerprint density at radius 2 is 0.838 bits per heavy atom. The van der Waals surface area contributed by atoms with Crippen LogP contribution in [0.3, 0.4) is 0 Å². The SMILES string of the molecule is CCCCOc1ccc(Nc2ccc(N=Nc3scc[n+]3C)cc2)cc1.CCCOc1ccc(Nc2ccc(N=Nc3[nH]nc[n+]3C)cc2)cc1.COc1ccc(Nc2ccc(N=Nc3[nH]nc[n+]3C)cc2)cc1. The Kier molecular flexibility index (Phi) is 19.9. The number of aryl methyl sites for hydroxylation is 3. The minimum Gasteiger partial charge on any atom is -0.497 e. The number of H-pyrrole nitrogens is 2. The van der Waals surface area contributed by atoms with Crippen LogP contribution in [0.5, 0.6) is 17.2 Å². The molecule has 9 rings (SSSR count). The van der Waals surface area contributed by atoms with Gasteiger partial charge in [0.25, 0.3) is 0 Å². The summed E-state index contributed by atoms with van der Waals surface area (Å²) in [4.78, 5) is 0. The van der Waals surface area contributed by atoms with E-state index in [1.807, 2.05) is 183 Å². The maximum absolute atomic E-state index is 5.68. The third-order valence-electron chi connectivity index (χ3n) is 10.5. The first kappa shape index (κ1) is 52.6. The van der Waals surface area contributed by atoms with Crippen LogP contribution in [-0.4, -0.2) is 40.7 Å². The van der Waals surface area contributed by atoms with Gasteiger partial charge in [-0.3, -0.25) is 0 Å². The van der Waals surface area contributed by atoms with E-state index >= 15 is 0 Å². The second-order valence-electron chi connectivity index (χ2n) is 16.3. The molecule has 0 saturated heterocycles. The second-order valence-corrected chi connectivity index (χ2v) is 17.2. The van der Waals surface area contributed by atoms with Crippen LogP contribution in [0.15, 0.2) is 201 Å². The van der Waals surface area contributed by atoms with Crippen molar-refractivity contribution >= 4 is 79.6 Å². The molecule has 20 heteroatoms. The lowest BCUT2D eigenvalue weighted by Crippen LogP contribution is -2.24. The highest BCUT2D eigenvalue weighted by Crippen LogP contribution is 2.27. The predicted octanol–water partition coefficient (Wildman–Crippen LogP) is 13.5. The van der Waals surface area contributed by atoms with E-state index in [1.54, 1.807) is 40.2 Å². The summed E-state index contributed by atoms with van der Waals surface area (Å²) in [5.41, 5.74) is 8.33. The van der Waals surface area contributed by atoms with Gasteiger partial charge in [0.15, 0.2) is 0 Å². The van der Waals surface area contributed by atoms with Crippen LogP contribution in [0.4, 0.5) is 68.2 Å². The lowest BCUT2D eigenvalue weighted by Gasteiger charge is -2.08. The Balaban J connectivity index is 0.000000162. The molecule has 5 N–H and O–H groups in total. The lowest BCUT2D eigenvalue weighted by molar-refractivity contribution is -0.658. The van der Waals surface area contributed by atoms with Gasteiger partial charge in [-0.05, 0) is 185 Å². The second kappa shape index (κ2) is 28.0. The summed E-state index contributed by atoms with van der Waals surface area (Å²) in [6.07, 6.45) is 8.46. The molecule has 19 nitrogen and oxygen atoms in total. The van der Waals surface area contributed by atoms with E-state index in [9.17, 15) is 0 Å². The van der Waals surface area contributed by atoms with Crippen LogP contribution in [0.1, 0.15) is 33.1 Å². The molecule has 378 valence electrons. The van der Waals surface area contributed by atoms with E-state index in [2.05, 4.69) is 80.9 Å². The molecule has 74 heavy (non-hydrogen) atoms. The number of azo groups is 3. The number of aromatic amines is 2. The number of thiazole rings is 1. The van der Waals surface area contributed by atoms with E-state index in [-0.39, 0.29) is 0 Å². The van der Waals surface area contributed by atoms with Crippen LogP contribution in [0.25, 0.3) is 0 Å². The summed E-state index contributed by atoms with van der Waals surface area (Å²) in [5, 5.41) is 51.3. The van der Waals surface area contributed by atoms with E-state index in [0.29, 0.717) is 11.9 Å². The molecule has 0 spiro atoms. The van der Waals surface area contributed by atoms with Gasteiger partial charge in [0.05, 0.1) is 58.0 Å². The highest BCUT2D eigenvalue weighted by atomic mass is 32.1. The third kappa shape index (κ3) is 17.0. The number of anilines is 6. The molecule has 0 bridgehead atoms. The molecular weight excluding hydrogens is 953 g/mol. The van der Waals surface area contributed by atoms with Crippen LogP contribution in [0.2, 0.25) is 0 Å². The summed E-state index contributed by atoms with van der Waals surface area (Å²) >= 11 is 1.56. The normalized spacial score (nSPS) is 10.9. The minimum atomic E-state index is 0.588. The summed E-state index contributed by atoms with van der Waals surface area (Å²) in [6.45, 7) is 5.75. The fraction of sp³-hybridized carbons (Fsp3) is 0.204. The number of nitrogens with one attached hydrogen (secondary N) is 5. The maximum atomic E-state index is 5.68. The Hall–Kier alpha value is -9.17. The van der Waals surface area contributed by atoms with Crippen LogP contribution >= 0.6 is 11.3 Å². The first-order valence-electron chi connectivity index (χ1n) is 23.9. The molecule has 0 saturated carbocycles. The average molecular weight is 1010 g/mol. The molecule has 6 aromatic carbocycles. The molecule has 0 unspecified atom stereocenters. The van der Waals surface area contributed by atoms with Crippen molar-refractivity contribution in [3.8, 4) is 17.2 Å². The van der Waals surface area contributed by atoms with E-state index < -0.39 is 0 Å². The average Bonchev–Trinajstić information content (AvgIpc) is 4.18. The monoisotopic (exact) mass is 1010 g/mol. The third-order valence-corrected chi connectivity index (χ3v) is 11.3. The van der Waals surface area contributed by atoms with Crippen LogP contribution < -0.4 is 43.9 Å². The van der Waals surface area contributed by atoms with Gasteiger partial charge in [0.1, 0.15) is 29.1 Å². The molecule has 0 aliphatic carbocycles. The number of ether oxygens (including phenoxy) is 3. The van der Waals surface area contributed by atoms with Gasteiger partial charge >= 0.3 is 17.0 Å². The van der Waals surface area contributed by atoms with Gasteiger partial charge in [-0.15, -0.1) is 10.2 Å². The molecule has 9 aromatic rings. The van der Waals surface area contributed by atoms with E-state index in [1.165, 1.54) is 0 Å². The fourth-order valence-electron chi connectivity index (χ4n) is 6.37. The zero-order chi connectivity index (χ0) is 51.7. The largest absolute Gasteiger partial charge is 0.497 e. The van der Waals surface area contributed by atoms with Crippen molar-refractivity contribution in [1.29, 1.82) is 0 Å². The van der Waals surface area contributed by atoms with E-state index in [0.717, 1.165) is 106 Å². The molecular formula is C54H61N16O3S+3. The van der Waals surface area contributed by atoms with Gasteiger partial charge < -0.3 is 30.2 Å². The van der Waals surface area contributed by atoms with Crippen molar-refractivity contribution in [3.05, 3.63) is 170 Å². The molecule has 3 aromatic heterocycles. The Labute approximate surface area is 434 Å². The lowest BCUT2D eigenvalue weighted by atomic mass is 10.2. The summed E-state index contributed by atoms with van der Waals surface area (Å²) in [5.74, 6) is 3.80. The number of methoxy groups -OCH3 is 1. The zero-order valence-corrected chi connectivity index (χ0v) is 43.1. The Morgan fingerprint density at radius 1 is 0.459 bits per heavy atom. The van der Waals surface area contributed by atoms with Crippen LogP contribution in [0, 0.1) is 0 Å². The maximum Gasteiger partial charge on any atom is 0.408 e. The number of hydrogen-bond acceptors (Lipinski definition) is 15. The van der Waals surface area contributed by atoms with Gasteiger partial charge in [-0.25, -0.2) is 13.7 Å². The van der Waals surface area contributed by atoms with E-state index in [4.69, 9.17) is 14.2 Å². The van der Waals surface area contributed by atoms with Gasteiger partial charge in [-0.2, -0.15) is 0 Å². The van der Waals surface area contributed by atoms with Crippen molar-refractivity contribution in [2.75, 3.05) is 36.3 Å². The van der Waals surface area contributed by atoms with Crippen molar-refractivity contribution < 1.29 is 27.9 Å². The standard InChI is InChI=1S/C20H22N4OS.C18H20N6O.C16H16N6O/c1-3-4-14-25-19-11-9-17(10-12-19)21-16-5-7-18(8-6-16)22-23-20-24(2)13-15-26-20;1-3-12-25-17-10-8-15(9-11-17)20-14-4-6-16(7-5-14)21-23-18-22-19-13-24(18)2;1-22-11-17-20-16(22)21-19-14-5-3-12(4-6-14)18-13-7-9-15(23-2)10-8-13/h5-13,15H,3-4,14H2,1-2H3;4-11,13H,3,12H2,1-2H3,(H,20,22,23);3-11H,1-2H3,(H,18,20,21)/p+3. The number of rotatable bonds is 20. The van der Waals surface area contributed by atoms with Crippen molar-refractivity contribution in [3.63, 3.8) is 0 Å². The smallest absolute Gasteiger partial charge is 0.408 e. The molecule has 0 radical (unpaired) electrons. The number of hydrogen-bond donors (Lipinski definition) is 5.